The van der Waals surface area contributed by atoms with Crippen LogP contribution in [0.4, 0.5) is 5.69 Å². The molecule has 0 fully saturated rings. The first-order valence-electron chi connectivity index (χ1n) is 5.89. The minimum atomic E-state index is -0.792. The van der Waals surface area contributed by atoms with Crippen molar-refractivity contribution >= 4 is 11.7 Å². The first-order valence-corrected chi connectivity index (χ1v) is 5.89. The SMILES string of the molecule is CCOc1cccc2c1CCN2C(C)C(=O)O. The molecule has 4 heteroatoms. The number of ether oxygens (including phenoxy) is 1. The van der Waals surface area contributed by atoms with Crippen LogP contribution in [0.15, 0.2) is 18.2 Å². The second kappa shape index (κ2) is 4.65. The Morgan fingerprint density at radius 2 is 2.35 bits per heavy atom. The first-order chi connectivity index (χ1) is 8.15. The van der Waals surface area contributed by atoms with Crippen molar-refractivity contribution in [1.82, 2.24) is 0 Å². The van der Waals surface area contributed by atoms with Gasteiger partial charge in [-0.1, -0.05) is 6.07 Å². The number of nitrogens with zero attached hydrogens (tertiary/aromatic N) is 1. The molecule has 1 aliphatic rings. The van der Waals surface area contributed by atoms with Crippen molar-refractivity contribution in [2.75, 3.05) is 18.1 Å². The highest BCUT2D eigenvalue weighted by Gasteiger charge is 2.29. The second-order valence-electron chi connectivity index (χ2n) is 4.14. The lowest BCUT2D eigenvalue weighted by molar-refractivity contribution is -0.138. The van der Waals surface area contributed by atoms with Crippen LogP contribution in [0, 0.1) is 0 Å². The van der Waals surface area contributed by atoms with E-state index in [9.17, 15) is 4.79 Å². The van der Waals surface area contributed by atoms with Gasteiger partial charge in [-0.05, 0) is 32.4 Å². The summed E-state index contributed by atoms with van der Waals surface area (Å²) in [5, 5.41) is 9.07. The van der Waals surface area contributed by atoms with E-state index in [2.05, 4.69) is 0 Å². The number of hydrogen-bond acceptors (Lipinski definition) is 3. The van der Waals surface area contributed by atoms with Crippen molar-refractivity contribution in [1.29, 1.82) is 0 Å². The molecule has 1 N–H and O–H groups in total. The van der Waals surface area contributed by atoms with E-state index in [1.165, 1.54) is 0 Å². The van der Waals surface area contributed by atoms with Gasteiger partial charge in [0.15, 0.2) is 0 Å². The number of rotatable bonds is 4. The fourth-order valence-corrected chi connectivity index (χ4v) is 2.25. The third kappa shape index (κ3) is 2.07. The van der Waals surface area contributed by atoms with Gasteiger partial charge in [-0.15, -0.1) is 0 Å². The fourth-order valence-electron chi connectivity index (χ4n) is 2.25. The van der Waals surface area contributed by atoms with Crippen molar-refractivity contribution in [3.8, 4) is 5.75 Å². The number of anilines is 1. The molecule has 0 amide bonds. The Kier molecular flexibility index (Phi) is 3.22. The summed E-state index contributed by atoms with van der Waals surface area (Å²) >= 11 is 0. The number of fused-ring (bicyclic) bond motifs is 1. The van der Waals surface area contributed by atoms with Gasteiger partial charge in [0.25, 0.3) is 0 Å². The maximum Gasteiger partial charge on any atom is 0.326 e. The summed E-state index contributed by atoms with van der Waals surface area (Å²) in [6.07, 6.45) is 0.850. The van der Waals surface area contributed by atoms with Gasteiger partial charge < -0.3 is 14.7 Å². The molecule has 1 heterocycles. The van der Waals surface area contributed by atoms with E-state index in [-0.39, 0.29) is 0 Å². The average Bonchev–Trinajstić information content (AvgIpc) is 2.73. The molecule has 92 valence electrons. The summed E-state index contributed by atoms with van der Waals surface area (Å²) in [5.41, 5.74) is 2.12. The number of carboxylic acids is 1. The number of benzene rings is 1. The Morgan fingerprint density at radius 3 is 3.00 bits per heavy atom. The van der Waals surface area contributed by atoms with Crippen LogP contribution in [0.2, 0.25) is 0 Å². The highest BCUT2D eigenvalue weighted by molar-refractivity contribution is 5.79. The molecule has 17 heavy (non-hydrogen) atoms. The van der Waals surface area contributed by atoms with Crippen molar-refractivity contribution in [3.63, 3.8) is 0 Å². The molecule has 0 aromatic heterocycles. The van der Waals surface area contributed by atoms with Gasteiger partial charge in [0.05, 0.1) is 6.61 Å². The van der Waals surface area contributed by atoms with Crippen LogP contribution in [-0.2, 0) is 11.2 Å². The monoisotopic (exact) mass is 235 g/mol. The van der Waals surface area contributed by atoms with E-state index < -0.39 is 12.0 Å². The second-order valence-corrected chi connectivity index (χ2v) is 4.14. The lowest BCUT2D eigenvalue weighted by atomic mass is 10.1. The Balaban J connectivity index is 2.32. The summed E-state index contributed by atoms with van der Waals surface area (Å²) in [6.45, 7) is 5.04. The Morgan fingerprint density at radius 1 is 1.59 bits per heavy atom. The predicted molar refractivity (Wildman–Crippen MR) is 65.8 cm³/mol. The van der Waals surface area contributed by atoms with Crippen LogP contribution < -0.4 is 9.64 Å². The van der Waals surface area contributed by atoms with Crippen LogP contribution in [0.5, 0.6) is 5.75 Å². The molecule has 0 radical (unpaired) electrons. The topological polar surface area (TPSA) is 49.8 Å². The van der Waals surface area contributed by atoms with Crippen molar-refractivity contribution in [3.05, 3.63) is 23.8 Å². The van der Waals surface area contributed by atoms with Crippen molar-refractivity contribution in [2.45, 2.75) is 26.3 Å². The summed E-state index contributed by atoms with van der Waals surface area (Å²) in [7, 11) is 0. The molecule has 0 bridgehead atoms. The molecule has 1 unspecified atom stereocenters. The molecule has 4 nitrogen and oxygen atoms in total. The zero-order valence-corrected chi connectivity index (χ0v) is 10.1. The molecule has 0 aliphatic carbocycles. The normalized spacial score (nSPS) is 15.5. The van der Waals surface area contributed by atoms with E-state index in [4.69, 9.17) is 9.84 Å². The highest BCUT2D eigenvalue weighted by atomic mass is 16.5. The van der Waals surface area contributed by atoms with E-state index >= 15 is 0 Å². The summed E-state index contributed by atoms with van der Waals surface area (Å²) < 4.78 is 5.56. The van der Waals surface area contributed by atoms with Gasteiger partial charge in [0.1, 0.15) is 11.8 Å². The number of hydrogen-bond donors (Lipinski definition) is 1. The lowest BCUT2D eigenvalue weighted by Gasteiger charge is -2.23. The predicted octanol–water partition coefficient (Wildman–Crippen LogP) is 1.92. The molecular formula is C13H17NO3. The molecule has 1 atom stereocenters. The fraction of sp³-hybridized carbons (Fsp3) is 0.462. The lowest BCUT2D eigenvalue weighted by Crippen LogP contribution is -2.37. The van der Waals surface area contributed by atoms with Gasteiger partial charge in [0.2, 0.25) is 0 Å². The number of carbonyl (C=O) groups is 1. The van der Waals surface area contributed by atoms with Gasteiger partial charge in [-0.25, -0.2) is 4.79 Å². The largest absolute Gasteiger partial charge is 0.494 e. The van der Waals surface area contributed by atoms with Crippen LogP contribution in [0.25, 0.3) is 0 Å². The Labute approximate surface area is 101 Å². The maximum absolute atomic E-state index is 11.0. The quantitative estimate of drug-likeness (QED) is 0.866. The van der Waals surface area contributed by atoms with Gasteiger partial charge >= 0.3 is 5.97 Å². The number of carboxylic acid groups (broad SMARTS) is 1. The van der Waals surface area contributed by atoms with Crippen LogP contribution in [-0.4, -0.2) is 30.3 Å². The molecule has 0 spiro atoms. The molecule has 1 aliphatic heterocycles. The minimum Gasteiger partial charge on any atom is -0.494 e. The standard InChI is InChI=1S/C13H17NO3/c1-3-17-12-6-4-5-11-10(12)7-8-14(11)9(2)13(15)16/h4-6,9H,3,7-8H2,1-2H3,(H,15,16). The molecule has 0 saturated heterocycles. The van der Waals surface area contributed by atoms with Crippen LogP contribution in [0.1, 0.15) is 19.4 Å². The zero-order valence-electron chi connectivity index (χ0n) is 10.1. The zero-order chi connectivity index (χ0) is 12.4. The molecular weight excluding hydrogens is 218 g/mol. The van der Waals surface area contributed by atoms with Crippen LogP contribution in [0.3, 0.4) is 0 Å². The summed E-state index contributed by atoms with van der Waals surface area (Å²) in [5.74, 6) is 0.0877. The van der Waals surface area contributed by atoms with E-state index in [1.54, 1.807) is 6.92 Å². The molecule has 0 saturated carbocycles. The van der Waals surface area contributed by atoms with Gasteiger partial charge in [0, 0.05) is 17.8 Å². The van der Waals surface area contributed by atoms with E-state index in [0.717, 1.165) is 30.0 Å². The Bertz CT molecular complexity index is 431. The van der Waals surface area contributed by atoms with Crippen LogP contribution >= 0.6 is 0 Å². The molecule has 2 rings (SSSR count). The third-order valence-corrected chi connectivity index (χ3v) is 3.15. The van der Waals surface area contributed by atoms with Gasteiger partial charge in [-0.2, -0.15) is 0 Å². The minimum absolute atomic E-state index is 0.492. The van der Waals surface area contributed by atoms with Crippen molar-refractivity contribution in [2.24, 2.45) is 0 Å². The molecule has 1 aromatic carbocycles. The Hall–Kier alpha value is -1.71. The first kappa shape index (κ1) is 11.8. The van der Waals surface area contributed by atoms with Gasteiger partial charge in [-0.3, -0.25) is 0 Å². The smallest absolute Gasteiger partial charge is 0.326 e. The molecule has 1 aromatic rings. The highest BCUT2D eigenvalue weighted by Crippen LogP contribution is 2.36. The summed E-state index contributed by atoms with van der Waals surface area (Å²) in [6, 6.07) is 5.33. The third-order valence-electron chi connectivity index (χ3n) is 3.15. The van der Waals surface area contributed by atoms with E-state index in [0.29, 0.717) is 6.61 Å². The average molecular weight is 235 g/mol. The van der Waals surface area contributed by atoms with E-state index in [1.807, 2.05) is 30.0 Å². The maximum atomic E-state index is 11.0. The van der Waals surface area contributed by atoms with Crippen molar-refractivity contribution < 1.29 is 14.6 Å². The number of aliphatic carboxylic acids is 1. The summed E-state index contributed by atoms with van der Waals surface area (Å²) in [4.78, 5) is 13.0.